The van der Waals surface area contributed by atoms with Crippen LogP contribution in [0.15, 0.2) is 50.8 Å². The lowest BCUT2D eigenvalue weighted by Gasteiger charge is -2.21. The molecule has 2 N–H and O–H groups in total. The fraction of sp³-hybridized carbons (Fsp3) is 0.238. The summed E-state index contributed by atoms with van der Waals surface area (Å²) < 4.78 is 7.15. The number of rotatable bonds is 6. The van der Waals surface area contributed by atoms with Crippen molar-refractivity contribution in [2.24, 2.45) is 10.8 Å². The van der Waals surface area contributed by atoms with Gasteiger partial charge in [-0.1, -0.05) is 42.8 Å². The first-order valence-electron chi connectivity index (χ1n) is 9.44. The number of primary amides is 1. The van der Waals surface area contributed by atoms with Crippen molar-refractivity contribution in [1.29, 1.82) is 0 Å². The Morgan fingerprint density at radius 2 is 2.06 bits per heavy atom. The summed E-state index contributed by atoms with van der Waals surface area (Å²) in [5, 5.41) is 16.1. The number of nitrogens with two attached hydrogens (primary N) is 1. The first-order valence-corrected chi connectivity index (χ1v) is 10.2. The zero-order valence-corrected chi connectivity index (χ0v) is 19.1. The molecule has 0 aliphatic rings. The van der Waals surface area contributed by atoms with Gasteiger partial charge in [-0.05, 0) is 24.3 Å². The van der Waals surface area contributed by atoms with E-state index in [1.54, 1.807) is 18.2 Å². The molecule has 2 aromatic carbocycles. The molecule has 0 saturated heterocycles. The first-order chi connectivity index (χ1) is 15.0. The second kappa shape index (κ2) is 8.87. The molecule has 10 nitrogen and oxygen atoms in total. The molecule has 0 saturated carbocycles. The van der Waals surface area contributed by atoms with E-state index in [2.05, 4.69) is 26.0 Å². The van der Waals surface area contributed by atoms with Crippen molar-refractivity contribution < 1.29 is 14.5 Å². The van der Waals surface area contributed by atoms with Gasteiger partial charge in [0.25, 0.3) is 11.5 Å². The van der Waals surface area contributed by atoms with Crippen molar-refractivity contribution in [3.8, 4) is 5.75 Å². The predicted molar refractivity (Wildman–Crippen MR) is 123 cm³/mol. The van der Waals surface area contributed by atoms with Gasteiger partial charge >= 0.3 is 5.69 Å². The minimum Gasteiger partial charge on any atom is -0.476 e. The molecule has 0 spiro atoms. The Bertz CT molecular complexity index is 1310. The van der Waals surface area contributed by atoms with Gasteiger partial charge in [-0.25, -0.2) is 4.98 Å². The quantitative estimate of drug-likeness (QED) is 0.312. The van der Waals surface area contributed by atoms with E-state index < -0.39 is 28.4 Å². The zero-order chi connectivity index (χ0) is 23.6. The Hall–Kier alpha value is -3.60. The van der Waals surface area contributed by atoms with Gasteiger partial charge in [0.05, 0.1) is 22.0 Å². The minimum atomic E-state index is -0.790. The van der Waals surface area contributed by atoms with Gasteiger partial charge < -0.3 is 10.5 Å². The van der Waals surface area contributed by atoms with Crippen LogP contribution in [0.3, 0.4) is 0 Å². The fourth-order valence-corrected chi connectivity index (χ4v) is 3.31. The fourth-order valence-electron chi connectivity index (χ4n) is 2.95. The van der Waals surface area contributed by atoms with Crippen LogP contribution >= 0.6 is 15.9 Å². The van der Waals surface area contributed by atoms with E-state index in [1.165, 1.54) is 24.4 Å². The molecule has 0 fully saturated rings. The zero-order valence-electron chi connectivity index (χ0n) is 17.5. The molecule has 0 aliphatic heterocycles. The third-order valence-corrected chi connectivity index (χ3v) is 4.86. The number of fused-ring (bicyclic) bond motifs is 1. The van der Waals surface area contributed by atoms with Crippen LogP contribution in [0.1, 0.15) is 32.2 Å². The summed E-state index contributed by atoms with van der Waals surface area (Å²) in [6.45, 7) is 5.12. The Balaban J connectivity index is 2.21. The highest BCUT2D eigenvalue weighted by molar-refractivity contribution is 9.10. The molecule has 0 unspecified atom stereocenters. The Morgan fingerprint density at radius 1 is 1.34 bits per heavy atom. The molecule has 32 heavy (non-hydrogen) atoms. The summed E-state index contributed by atoms with van der Waals surface area (Å²) in [7, 11) is 0. The van der Waals surface area contributed by atoms with E-state index in [4.69, 9.17) is 10.5 Å². The van der Waals surface area contributed by atoms with E-state index >= 15 is 0 Å². The highest BCUT2D eigenvalue weighted by Crippen LogP contribution is 2.30. The number of benzene rings is 2. The van der Waals surface area contributed by atoms with Gasteiger partial charge in [0.1, 0.15) is 5.82 Å². The third kappa shape index (κ3) is 4.83. The maximum atomic E-state index is 13.2. The van der Waals surface area contributed by atoms with Crippen LogP contribution in [0, 0.1) is 10.1 Å². The van der Waals surface area contributed by atoms with Crippen molar-refractivity contribution in [2.75, 3.05) is 6.61 Å². The number of nitro benzene ring substituents is 1. The summed E-state index contributed by atoms with van der Waals surface area (Å²) in [6, 6.07) is 9.37. The van der Waals surface area contributed by atoms with Gasteiger partial charge in [-0.15, -0.1) is 0 Å². The molecule has 166 valence electrons. The standard InChI is InChI=1S/C21H20BrN5O5/c1-21(2,3)20-25-15-8-7-13(22)9-14(15)19(29)26(20)24-10-12-5-4-6-16(27(30)31)18(12)32-11-17(23)28/h4-10H,11H2,1-3H3,(H2,23,28). The Labute approximate surface area is 191 Å². The smallest absolute Gasteiger partial charge is 0.311 e. The number of ether oxygens (including phenoxy) is 1. The number of halogens is 1. The summed E-state index contributed by atoms with van der Waals surface area (Å²) in [5.74, 6) is -0.568. The molecule has 1 heterocycles. The molecule has 1 aromatic heterocycles. The number of hydrogen-bond donors (Lipinski definition) is 1. The van der Waals surface area contributed by atoms with E-state index in [9.17, 15) is 19.7 Å². The second-order valence-electron chi connectivity index (χ2n) is 7.92. The highest BCUT2D eigenvalue weighted by Gasteiger charge is 2.24. The molecule has 11 heteroatoms. The molecule has 0 aliphatic carbocycles. The van der Waals surface area contributed by atoms with Gasteiger partial charge in [0, 0.05) is 21.5 Å². The molecule has 0 radical (unpaired) electrons. The van der Waals surface area contributed by atoms with Gasteiger partial charge in [0.2, 0.25) is 5.75 Å². The van der Waals surface area contributed by atoms with Crippen molar-refractivity contribution in [1.82, 2.24) is 9.66 Å². The van der Waals surface area contributed by atoms with Crippen molar-refractivity contribution in [3.63, 3.8) is 0 Å². The van der Waals surface area contributed by atoms with Crippen molar-refractivity contribution in [3.05, 3.63) is 72.7 Å². The topological polar surface area (TPSA) is 143 Å². The number of amides is 1. The molecule has 0 bridgehead atoms. The normalized spacial score (nSPS) is 11.8. The average molecular weight is 502 g/mol. The summed E-state index contributed by atoms with van der Waals surface area (Å²) >= 11 is 3.35. The maximum Gasteiger partial charge on any atom is 0.311 e. The second-order valence-corrected chi connectivity index (χ2v) is 8.83. The van der Waals surface area contributed by atoms with Crippen molar-refractivity contribution >= 4 is 44.6 Å². The highest BCUT2D eigenvalue weighted by atomic mass is 79.9. The lowest BCUT2D eigenvalue weighted by molar-refractivity contribution is -0.385. The number of carbonyl (C=O) groups is 1. The predicted octanol–water partition coefficient (Wildman–Crippen LogP) is 3.11. The van der Waals surface area contributed by atoms with Crippen LogP contribution in [-0.4, -0.2) is 33.3 Å². The van der Waals surface area contributed by atoms with Crippen LogP contribution in [0.25, 0.3) is 10.9 Å². The number of hydrogen-bond acceptors (Lipinski definition) is 7. The van der Waals surface area contributed by atoms with Gasteiger partial charge in [0.15, 0.2) is 6.61 Å². The number of carbonyl (C=O) groups excluding carboxylic acids is 1. The molecular formula is C21H20BrN5O5. The van der Waals surface area contributed by atoms with Gasteiger partial charge in [-0.2, -0.15) is 9.78 Å². The number of aromatic nitrogens is 2. The monoisotopic (exact) mass is 501 g/mol. The lowest BCUT2D eigenvalue weighted by atomic mass is 9.95. The average Bonchev–Trinajstić information content (AvgIpc) is 2.71. The first kappa shape index (κ1) is 23.1. The minimum absolute atomic E-state index is 0.179. The number of para-hydroxylation sites is 1. The molecular weight excluding hydrogens is 482 g/mol. The molecule has 1 amide bonds. The molecule has 3 aromatic rings. The summed E-state index contributed by atoms with van der Waals surface area (Å²) in [6.07, 6.45) is 1.26. The Morgan fingerprint density at radius 3 is 2.69 bits per heavy atom. The lowest BCUT2D eigenvalue weighted by Crippen LogP contribution is -2.29. The van der Waals surface area contributed by atoms with Crippen LogP contribution in [0.5, 0.6) is 5.75 Å². The summed E-state index contributed by atoms with van der Waals surface area (Å²) in [4.78, 5) is 39.7. The Kier molecular flexibility index (Phi) is 6.40. The third-order valence-electron chi connectivity index (χ3n) is 4.37. The van der Waals surface area contributed by atoms with Crippen LogP contribution in [-0.2, 0) is 10.2 Å². The molecule has 3 rings (SSSR count). The SMILES string of the molecule is CC(C)(C)c1nc2ccc(Br)cc2c(=O)n1N=Cc1cccc([N+](=O)[O-])c1OCC(N)=O. The van der Waals surface area contributed by atoms with E-state index in [0.717, 1.165) is 4.68 Å². The molecule has 0 atom stereocenters. The maximum absolute atomic E-state index is 13.2. The largest absolute Gasteiger partial charge is 0.476 e. The van der Waals surface area contributed by atoms with Crippen LogP contribution in [0.4, 0.5) is 5.69 Å². The number of nitrogens with zero attached hydrogens (tertiary/aromatic N) is 4. The summed E-state index contributed by atoms with van der Waals surface area (Å²) in [5.41, 5.74) is 4.53. The number of nitro groups is 1. The van der Waals surface area contributed by atoms with Crippen LogP contribution in [0.2, 0.25) is 0 Å². The van der Waals surface area contributed by atoms with E-state index in [-0.39, 0.29) is 17.0 Å². The van der Waals surface area contributed by atoms with Crippen molar-refractivity contribution in [2.45, 2.75) is 26.2 Å². The van der Waals surface area contributed by atoms with Crippen LogP contribution < -0.4 is 16.0 Å². The van der Waals surface area contributed by atoms with E-state index in [1.807, 2.05) is 20.8 Å². The van der Waals surface area contributed by atoms with Gasteiger partial charge in [-0.3, -0.25) is 19.7 Å². The van der Waals surface area contributed by atoms with E-state index in [0.29, 0.717) is 21.2 Å².